The van der Waals surface area contributed by atoms with Crippen molar-refractivity contribution < 1.29 is 50.3 Å². The topological polar surface area (TPSA) is 163 Å². The molecule has 0 rings (SSSR count). The van der Waals surface area contributed by atoms with Gasteiger partial charge in [-0.05, 0) is 13.3 Å². The maximum Gasteiger partial charge on any atom is 0.511 e. The van der Waals surface area contributed by atoms with Crippen LogP contribution in [-0.4, -0.2) is 71.5 Å². The van der Waals surface area contributed by atoms with Crippen LogP contribution in [0.4, 0.5) is 4.79 Å². The summed E-state index contributed by atoms with van der Waals surface area (Å²) < 4.78 is 61.3. The fourth-order valence-electron chi connectivity index (χ4n) is 1.60. The average Bonchev–Trinajstić information content (AvgIpc) is 2.51. The molecule has 0 amide bonds. The Morgan fingerprint density at radius 2 is 1.81 bits per heavy atom. The molecule has 0 radical (unpaired) electrons. The highest BCUT2D eigenvalue weighted by Crippen LogP contribution is 2.24. The molecule has 0 bridgehead atoms. The molecular weight excluding hydrogens is 408 g/mol. The molecular formula is C14H26O11S2. The van der Waals surface area contributed by atoms with Gasteiger partial charge in [0.1, 0.15) is 0 Å². The van der Waals surface area contributed by atoms with Crippen LogP contribution in [0, 0.1) is 5.41 Å². The normalized spacial score (nSPS) is 15.5. The maximum absolute atomic E-state index is 11.9. The summed E-state index contributed by atoms with van der Waals surface area (Å²) >= 11 is -2.11. The van der Waals surface area contributed by atoms with Crippen LogP contribution >= 0.6 is 0 Å². The first-order chi connectivity index (χ1) is 12.3. The van der Waals surface area contributed by atoms with Crippen LogP contribution < -0.4 is 0 Å². The first-order valence-electron chi connectivity index (χ1n) is 7.97. The highest BCUT2D eigenvalue weighted by atomic mass is 32.2. The van der Waals surface area contributed by atoms with Gasteiger partial charge in [-0.3, -0.25) is 4.18 Å². The molecule has 2 unspecified atom stereocenters. The first-order valence-corrected chi connectivity index (χ1v) is 10.8. The van der Waals surface area contributed by atoms with E-state index in [1.807, 2.05) is 0 Å². The van der Waals surface area contributed by atoms with Gasteiger partial charge in [-0.25, -0.2) is 13.8 Å². The number of hydrogen-bond acceptors (Lipinski definition) is 10. The lowest BCUT2D eigenvalue weighted by Gasteiger charge is -2.29. The fourth-order valence-corrected chi connectivity index (χ4v) is 3.27. The van der Waals surface area contributed by atoms with Crippen LogP contribution in [0.5, 0.6) is 0 Å². The van der Waals surface area contributed by atoms with Gasteiger partial charge >= 0.3 is 12.1 Å². The van der Waals surface area contributed by atoms with Crippen LogP contribution in [0.25, 0.3) is 0 Å². The van der Waals surface area contributed by atoms with E-state index in [0.29, 0.717) is 0 Å². The molecule has 0 aliphatic rings. The van der Waals surface area contributed by atoms with Gasteiger partial charge in [-0.1, -0.05) is 13.8 Å². The smallest absolute Gasteiger partial charge is 0.435 e. The summed E-state index contributed by atoms with van der Waals surface area (Å²) in [5, 5.41) is 10.1. The monoisotopic (exact) mass is 434 g/mol. The Bertz CT molecular complexity index is 615. The second-order valence-electron chi connectivity index (χ2n) is 6.10. The van der Waals surface area contributed by atoms with Gasteiger partial charge in [-0.2, -0.15) is 8.42 Å². The number of aliphatic hydroxyl groups is 1. The van der Waals surface area contributed by atoms with E-state index in [-0.39, 0.29) is 18.8 Å². The van der Waals surface area contributed by atoms with Crippen LogP contribution in [-0.2, 0) is 44.4 Å². The minimum absolute atomic E-state index is 0.0647. The Balaban J connectivity index is 4.60. The number of ether oxygens (including phenoxy) is 3. The maximum atomic E-state index is 11.9. The Morgan fingerprint density at radius 3 is 2.33 bits per heavy atom. The summed E-state index contributed by atoms with van der Waals surface area (Å²) in [6.45, 7) is 5.06. The highest BCUT2D eigenvalue weighted by Gasteiger charge is 2.37. The lowest BCUT2D eigenvalue weighted by molar-refractivity contribution is -0.184. The van der Waals surface area contributed by atoms with Gasteiger partial charge in [0.05, 0.1) is 24.7 Å². The summed E-state index contributed by atoms with van der Waals surface area (Å²) in [4.78, 5) is 23.1. The minimum atomic E-state index is -4.01. The zero-order valence-electron chi connectivity index (χ0n) is 15.6. The molecule has 11 nitrogen and oxygen atoms in total. The lowest BCUT2D eigenvalue weighted by atomic mass is 9.88. The summed E-state index contributed by atoms with van der Waals surface area (Å²) in [6, 6.07) is 0. The van der Waals surface area contributed by atoms with E-state index in [1.165, 1.54) is 20.8 Å². The Hall–Kier alpha value is -1.28. The number of hydrogen-bond donors (Lipinski definition) is 2. The van der Waals surface area contributed by atoms with Crippen molar-refractivity contribution in [1.82, 2.24) is 0 Å². The van der Waals surface area contributed by atoms with E-state index >= 15 is 0 Å². The van der Waals surface area contributed by atoms with Crippen LogP contribution in [0.1, 0.15) is 34.1 Å². The van der Waals surface area contributed by atoms with E-state index in [0.717, 1.165) is 0 Å². The van der Waals surface area contributed by atoms with E-state index < -0.39 is 63.5 Å². The lowest BCUT2D eigenvalue weighted by Crippen LogP contribution is -2.43. The first kappa shape index (κ1) is 25.7. The molecule has 0 aliphatic heterocycles. The molecule has 13 heteroatoms. The zero-order valence-corrected chi connectivity index (χ0v) is 17.2. The molecule has 0 fully saturated rings. The molecule has 27 heavy (non-hydrogen) atoms. The van der Waals surface area contributed by atoms with Crippen molar-refractivity contribution in [3.8, 4) is 0 Å². The largest absolute Gasteiger partial charge is 0.511 e. The van der Waals surface area contributed by atoms with Crippen molar-refractivity contribution in [1.29, 1.82) is 0 Å². The second kappa shape index (κ2) is 11.5. The summed E-state index contributed by atoms with van der Waals surface area (Å²) in [5.41, 5.74) is -1.35. The van der Waals surface area contributed by atoms with Crippen molar-refractivity contribution in [3.05, 3.63) is 0 Å². The van der Waals surface area contributed by atoms with Crippen molar-refractivity contribution in [2.75, 3.05) is 24.7 Å². The SMILES string of the molecule is CCOC(=O)OC(C)OC(=O)[C@H](O)C(C)(C)COS(=O)(=O)CCCS(=O)O. The molecule has 0 saturated carbocycles. The molecule has 0 aromatic heterocycles. The molecule has 0 aliphatic carbocycles. The number of carbonyl (C=O) groups excluding carboxylic acids is 2. The van der Waals surface area contributed by atoms with Crippen LogP contribution in [0.2, 0.25) is 0 Å². The van der Waals surface area contributed by atoms with Crippen LogP contribution in [0.15, 0.2) is 0 Å². The molecule has 0 aromatic rings. The standard InChI is InChI=1S/C14H26O11S2/c1-5-22-13(17)25-10(2)24-12(16)11(15)14(3,4)9-23-27(20,21)8-6-7-26(18)19/h10-11,15H,5-9H2,1-4H3,(H,18,19)/t10?,11-/m0/s1. The Labute approximate surface area is 160 Å². The molecule has 0 heterocycles. The predicted octanol–water partition coefficient (Wildman–Crippen LogP) is 0.394. The minimum Gasteiger partial charge on any atom is -0.435 e. The number of carbonyl (C=O) groups is 2. The van der Waals surface area contributed by atoms with Gasteiger partial charge < -0.3 is 23.9 Å². The molecule has 0 aromatic carbocycles. The molecule has 3 atom stereocenters. The number of aliphatic hydroxyl groups excluding tert-OH is 1. The third-order valence-corrected chi connectivity index (χ3v) is 5.00. The number of esters is 1. The van der Waals surface area contributed by atoms with Gasteiger partial charge in [0.15, 0.2) is 17.2 Å². The van der Waals surface area contributed by atoms with Crippen molar-refractivity contribution >= 4 is 33.3 Å². The third kappa shape index (κ3) is 11.2. The van der Waals surface area contributed by atoms with Crippen molar-refractivity contribution in [2.24, 2.45) is 5.41 Å². The van der Waals surface area contributed by atoms with E-state index in [2.05, 4.69) is 9.47 Å². The summed E-state index contributed by atoms with van der Waals surface area (Å²) in [6.07, 6.45) is -4.24. The fraction of sp³-hybridized carbons (Fsp3) is 0.857. The van der Waals surface area contributed by atoms with Gasteiger partial charge in [0.2, 0.25) is 6.29 Å². The third-order valence-electron chi connectivity index (χ3n) is 3.09. The van der Waals surface area contributed by atoms with E-state index in [1.54, 1.807) is 6.92 Å². The number of rotatable bonds is 12. The van der Waals surface area contributed by atoms with Gasteiger partial charge in [0.25, 0.3) is 10.1 Å². The molecule has 2 N–H and O–H groups in total. The Morgan fingerprint density at radius 1 is 1.22 bits per heavy atom. The highest BCUT2D eigenvalue weighted by molar-refractivity contribution is 7.86. The van der Waals surface area contributed by atoms with Crippen molar-refractivity contribution in [2.45, 2.75) is 46.5 Å². The Kier molecular flexibility index (Phi) is 11.0. The predicted molar refractivity (Wildman–Crippen MR) is 93.4 cm³/mol. The molecule has 0 spiro atoms. The summed E-state index contributed by atoms with van der Waals surface area (Å²) in [7, 11) is -4.01. The average molecular weight is 434 g/mol. The van der Waals surface area contributed by atoms with Crippen LogP contribution in [0.3, 0.4) is 0 Å². The molecule has 0 saturated heterocycles. The summed E-state index contributed by atoms with van der Waals surface area (Å²) in [5.74, 6) is -1.85. The van der Waals surface area contributed by atoms with E-state index in [9.17, 15) is 27.3 Å². The van der Waals surface area contributed by atoms with Gasteiger partial charge in [0, 0.05) is 12.3 Å². The van der Waals surface area contributed by atoms with Crippen molar-refractivity contribution in [3.63, 3.8) is 0 Å². The van der Waals surface area contributed by atoms with E-state index in [4.69, 9.17) is 13.5 Å². The van der Waals surface area contributed by atoms with Gasteiger partial charge in [-0.15, -0.1) is 0 Å². The zero-order chi connectivity index (χ0) is 21.3. The molecule has 160 valence electrons. The second-order valence-corrected chi connectivity index (χ2v) is 8.91. The quantitative estimate of drug-likeness (QED) is 0.189.